The van der Waals surface area contributed by atoms with Crippen molar-refractivity contribution in [2.75, 3.05) is 13.2 Å². The number of alkyl halides is 3. The summed E-state index contributed by atoms with van der Waals surface area (Å²) in [7, 11) is 0. The Morgan fingerprint density at radius 3 is 2.67 bits per heavy atom. The van der Waals surface area contributed by atoms with E-state index in [0.717, 1.165) is 43.6 Å². The molecule has 1 aliphatic heterocycles. The van der Waals surface area contributed by atoms with E-state index < -0.39 is 11.7 Å². The summed E-state index contributed by atoms with van der Waals surface area (Å²) in [5.41, 5.74) is 0.0962. The van der Waals surface area contributed by atoms with Gasteiger partial charge in [-0.3, -0.25) is 0 Å². The van der Waals surface area contributed by atoms with Crippen molar-refractivity contribution in [2.24, 2.45) is 5.92 Å². The van der Waals surface area contributed by atoms with E-state index in [0.29, 0.717) is 18.9 Å². The van der Waals surface area contributed by atoms with Gasteiger partial charge in [0.2, 0.25) is 0 Å². The summed E-state index contributed by atoms with van der Waals surface area (Å²) in [6.07, 6.45) is -0.560. The molecule has 1 aromatic rings. The van der Waals surface area contributed by atoms with Gasteiger partial charge in [0, 0.05) is 25.1 Å². The highest BCUT2D eigenvalue weighted by Crippen LogP contribution is 2.37. The average molecular weight is 342 g/mol. The van der Waals surface area contributed by atoms with Crippen molar-refractivity contribution in [3.8, 4) is 0 Å². The second-order valence-electron chi connectivity index (χ2n) is 6.40. The van der Waals surface area contributed by atoms with Crippen LogP contribution in [0.1, 0.15) is 30.4 Å². The Kier molecular flexibility index (Phi) is 4.99. The molecule has 2 aliphatic rings. The number of fused-ring (bicyclic) bond motifs is 1. The Balaban J connectivity index is 1.38. The van der Waals surface area contributed by atoms with Crippen molar-refractivity contribution in [1.29, 1.82) is 0 Å². The number of amides is 2. The number of halogens is 3. The van der Waals surface area contributed by atoms with Crippen LogP contribution in [0.2, 0.25) is 0 Å². The van der Waals surface area contributed by atoms with Gasteiger partial charge in [-0.2, -0.15) is 13.2 Å². The normalized spacial score (nSPS) is 26.2. The average Bonchev–Trinajstić information content (AvgIpc) is 2.52. The van der Waals surface area contributed by atoms with Crippen molar-refractivity contribution < 1.29 is 22.7 Å². The van der Waals surface area contributed by atoms with Gasteiger partial charge in [-0.15, -0.1) is 0 Å². The Bertz CT molecular complexity index is 574. The molecule has 0 aromatic heterocycles. The van der Waals surface area contributed by atoms with Crippen LogP contribution in [0.15, 0.2) is 24.3 Å². The first kappa shape index (κ1) is 17.1. The molecular weight excluding hydrogens is 321 g/mol. The Labute approximate surface area is 138 Å². The van der Waals surface area contributed by atoms with Crippen LogP contribution in [-0.2, 0) is 17.3 Å². The van der Waals surface area contributed by atoms with E-state index in [-0.39, 0.29) is 18.2 Å². The van der Waals surface area contributed by atoms with E-state index in [9.17, 15) is 18.0 Å². The van der Waals surface area contributed by atoms with E-state index >= 15 is 0 Å². The lowest BCUT2D eigenvalue weighted by molar-refractivity contribution is -0.137. The molecule has 3 atom stereocenters. The fraction of sp³-hybridized carbons (Fsp3) is 0.588. The lowest BCUT2D eigenvalue weighted by atomic mass is 9.72. The van der Waals surface area contributed by atoms with Gasteiger partial charge in [-0.25, -0.2) is 4.79 Å². The largest absolute Gasteiger partial charge is 0.416 e. The molecule has 2 amide bonds. The van der Waals surface area contributed by atoms with Crippen LogP contribution in [0, 0.1) is 5.92 Å². The molecule has 24 heavy (non-hydrogen) atoms. The second kappa shape index (κ2) is 7.01. The number of benzene rings is 1. The molecule has 0 unspecified atom stereocenters. The summed E-state index contributed by atoms with van der Waals surface area (Å²) in [6.45, 7) is 1.20. The number of nitrogens with one attached hydrogen (secondary N) is 2. The summed E-state index contributed by atoms with van der Waals surface area (Å²) in [4.78, 5) is 11.9. The number of urea groups is 1. The number of hydrogen-bond donors (Lipinski definition) is 2. The molecule has 132 valence electrons. The van der Waals surface area contributed by atoms with Crippen LogP contribution in [-0.4, -0.2) is 31.3 Å². The lowest BCUT2D eigenvalue weighted by Crippen LogP contribution is -2.59. The first-order chi connectivity index (χ1) is 11.4. The Hall–Kier alpha value is -1.76. The fourth-order valence-electron chi connectivity index (χ4n) is 3.36. The molecular formula is C17H21F3N2O2. The summed E-state index contributed by atoms with van der Waals surface area (Å²) in [5.74, 6) is 0.416. The van der Waals surface area contributed by atoms with Crippen molar-refractivity contribution in [1.82, 2.24) is 10.6 Å². The minimum atomic E-state index is -4.32. The molecule has 0 radical (unpaired) electrons. The quantitative estimate of drug-likeness (QED) is 0.883. The minimum absolute atomic E-state index is 0.168. The van der Waals surface area contributed by atoms with Crippen LogP contribution in [0.3, 0.4) is 0 Å². The van der Waals surface area contributed by atoms with Crippen molar-refractivity contribution in [3.63, 3.8) is 0 Å². The van der Waals surface area contributed by atoms with E-state index in [1.807, 2.05) is 0 Å². The van der Waals surface area contributed by atoms with Crippen molar-refractivity contribution in [2.45, 2.75) is 44.0 Å². The minimum Gasteiger partial charge on any atom is -0.378 e. The lowest BCUT2D eigenvalue weighted by Gasteiger charge is -2.47. The SMILES string of the molecule is O=C(NCCc1ccc(C(F)(F)F)cc1)N[C@@H]1C[C@H]2OCCC[C@@H]12. The predicted octanol–water partition coefficient (Wildman–Crippen LogP) is 3.11. The molecule has 2 fully saturated rings. The highest BCUT2D eigenvalue weighted by molar-refractivity contribution is 5.74. The zero-order valence-corrected chi connectivity index (χ0v) is 13.2. The first-order valence-electron chi connectivity index (χ1n) is 8.25. The van der Waals surface area contributed by atoms with Gasteiger partial charge >= 0.3 is 12.2 Å². The zero-order valence-electron chi connectivity index (χ0n) is 13.2. The summed E-state index contributed by atoms with van der Waals surface area (Å²) < 4.78 is 43.1. The van der Waals surface area contributed by atoms with Gasteiger partial charge in [0.25, 0.3) is 0 Å². The third-order valence-corrected chi connectivity index (χ3v) is 4.79. The van der Waals surface area contributed by atoms with Gasteiger partial charge in [-0.05, 0) is 43.4 Å². The molecule has 1 heterocycles. The number of carbonyl (C=O) groups is 1. The van der Waals surface area contributed by atoms with Crippen LogP contribution < -0.4 is 10.6 Å². The molecule has 0 spiro atoms. The van der Waals surface area contributed by atoms with Crippen LogP contribution >= 0.6 is 0 Å². The third-order valence-electron chi connectivity index (χ3n) is 4.79. The Morgan fingerprint density at radius 2 is 2.00 bits per heavy atom. The van der Waals surface area contributed by atoms with Crippen molar-refractivity contribution in [3.05, 3.63) is 35.4 Å². The maximum atomic E-state index is 12.5. The molecule has 3 rings (SSSR count). The summed E-state index contributed by atoms with van der Waals surface area (Å²) in [6, 6.07) is 4.95. The summed E-state index contributed by atoms with van der Waals surface area (Å²) in [5, 5.41) is 5.71. The van der Waals surface area contributed by atoms with E-state index in [1.54, 1.807) is 0 Å². The second-order valence-corrected chi connectivity index (χ2v) is 6.40. The van der Waals surface area contributed by atoms with Gasteiger partial charge in [0.05, 0.1) is 11.7 Å². The van der Waals surface area contributed by atoms with E-state index in [1.165, 1.54) is 12.1 Å². The van der Waals surface area contributed by atoms with Crippen molar-refractivity contribution >= 4 is 6.03 Å². The summed E-state index contributed by atoms with van der Waals surface area (Å²) >= 11 is 0. The molecule has 4 nitrogen and oxygen atoms in total. The van der Waals surface area contributed by atoms with Crippen LogP contribution in [0.5, 0.6) is 0 Å². The van der Waals surface area contributed by atoms with Crippen LogP contribution in [0.4, 0.5) is 18.0 Å². The Morgan fingerprint density at radius 1 is 1.25 bits per heavy atom. The molecule has 1 saturated carbocycles. The van der Waals surface area contributed by atoms with Gasteiger partial charge < -0.3 is 15.4 Å². The maximum Gasteiger partial charge on any atom is 0.416 e. The van der Waals surface area contributed by atoms with Gasteiger partial charge in [-0.1, -0.05) is 12.1 Å². The maximum absolute atomic E-state index is 12.5. The third kappa shape index (κ3) is 4.01. The molecule has 0 bridgehead atoms. The zero-order chi connectivity index (χ0) is 17.2. The first-order valence-corrected chi connectivity index (χ1v) is 8.25. The predicted molar refractivity (Wildman–Crippen MR) is 82.6 cm³/mol. The topological polar surface area (TPSA) is 50.4 Å². The smallest absolute Gasteiger partial charge is 0.378 e. The van der Waals surface area contributed by atoms with Gasteiger partial charge in [0.15, 0.2) is 0 Å². The molecule has 1 aliphatic carbocycles. The molecule has 1 aromatic carbocycles. The number of hydrogen-bond acceptors (Lipinski definition) is 2. The highest BCUT2D eigenvalue weighted by atomic mass is 19.4. The standard InChI is InChI=1S/C17H21F3N2O2/c18-17(19,20)12-5-3-11(4-6-12)7-8-21-16(23)22-14-10-15-13(14)2-1-9-24-15/h3-6,13-15H,1-2,7-10H2,(H2,21,22,23)/t13-,14+,15+/m0/s1. The molecule has 2 N–H and O–H groups in total. The number of carbonyl (C=O) groups excluding carboxylic acids is 1. The number of rotatable bonds is 4. The van der Waals surface area contributed by atoms with E-state index in [4.69, 9.17) is 4.74 Å². The van der Waals surface area contributed by atoms with Gasteiger partial charge in [0.1, 0.15) is 0 Å². The fourth-order valence-corrected chi connectivity index (χ4v) is 3.36. The molecule has 7 heteroatoms. The van der Waals surface area contributed by atoms with Crippen LogP contribution in [0.25, 0.3) is 0 Å². The van der Waals surface area contributed by atoms with E-state index in [2.05, 4.69) is 10.6 Å². The molecule has 1 saturated heterocycles. The highest BCUT2D eigenvalue weighted by Gasteiger charge is 2.43. The number of ether oxygens (including phenoxy) is 1. The monoisotopic (exact) mass is 342 g/mol.